The first kappa shape index (κ1) is 114. The third-order valence-corrected chi connectivity index (χ3v) is 21.5. The fraction of sp³-hybridized carbons (Fsp3) is 0.673. The molecule has 5 atom stereocenters. The van der Waals surface area contributed by atoms with Crippen LogP contribution in [0.25, 0.3) is 0 Å². The zero-order valence-corrected chi connectivity index (χ0v) is 76.8. The number of allylic oxidation sites excluding steroid dienone is 30. The molecule has 0 heterocycles. The number of phosphoric ester groups is 2. The van der Waals surface area contributed by atoms with Gasteiger partial charge >= 0.3 is 33.6 Å². The summed E-state index contributed by atoms with van der Waals surface area (Å²) in [6.07, 6.45) is 121. The lowest BCUT2D eigenvalue weighted by Crippen LogP contribution is -2.30. The SMILES string of the molecule is CC/C=C\C/C=C\C/C=C\C/C=C\C/C=C\C/C=C\CCCCCCCCCCCCCCCCCCC(=O)OCC(O)COP(=O)(O)OCC(O)COP(=O)(O)OCC(COC(=O)CCCCCCCCCCC/C=C\C/C=C\C/C=C\C/C=C\C/C=C\CC)OC(=O)CCCCCCCCC/C=C\C/C=C\C/C=C\C/C=C\CCCCC. The van der Waals surface area contributed by atoms with Crippen molar-refractivity contribution in [1.29, 1.82) is 0 Å². The van der Waals surface area contributed by atoms with Crippen LogP contribution in [0.5, 0.6) is 0 Å². The topological polar surface area (TPSA) is 231 Å². The third kappa shape index (κ3) is 93.2. The standard InChI is InChI=1S/C101H170O16P2/c1-4-7-10-13-16-19-22-25-28-31-34-37-40-42-43-44-45-46-47-48-49-50-51-53-56-57-60-63-66-69-72-75-78-81-84-87-99(104)111-90-96(102)91-113-118(107,108)114-92-97(103)93-115-119(109,110)116-95-98(117-101(106)89-86-83-80-77-74-71-68-65-62-59-54-39-36-33-30-27-24-21-18-15-12-9-6-3)94-112-100(105)88-85-82-79-76-73-70-67-64-61-58-55-52-41-38-35-32-29-26-23-20-17-14-11-8-5-2/h7-8,10-11,16-21,25-30,34-39,42-43,45-46,52,55,59,62,96-98,102-103H,4-6,9,12-15,22-24,31-33,40-41,44,47-51,53-54,56-58,60-61,63-95H2,1-3H3,(H,107,108)(H,109,110)/b10-7-,11-8-,19-16-,20-17-,21-18-,28-25-,29-26-,30-27-,37-34-,38-35-,39-36-,43-42-,46-45-,55-52-,62-59-. The van der Waals surface area contributed by atoms with Gasteiger partial charge in [0.05, 0.1) is 26.4 Å². The van der Waals surface area contributed by atoms with Gasteiger partial charge in [-0.1, -0.05) is 383 Å². The molecule has 0 aliphatic carbocycles. The number of aliphatic hydroxyl groups excluding tert-OH is 2. The van der Waals surface area contributed by atoms with E-state index in [9.17, 15) is 43.5 Å². The summed E-state index contributed by atoms with van der Waals surface area (Å²) < 4.78 is 61.5. The van der Waals surface area contributed by atoms with Crippen LogP contribution in [0.15, 0.2) is 182 Å². The van der Waals surface area contributed by atoms with Crippen LogP contribution in [0, 0.1) is 0 Å². The first-order valence-electron chi connectivity index (χ1n) is 47.1. The maximum atomic E-state index is 13.1. The van der Waals surface area contributed by atoms with E-state index in [0.29, 0.717) is 19.3 Å². The Balaban J connectivity index is 4.57. The van der Waals surface area contributed by atoms with E-state index >= 15 is 0 Å². The van der Waals surface area contributed by atoms with E-state index in [1.165, 1.54) is 135 Å². The van der Waals surface area contributed by atoms with Crippen molar-refractivity contribution in [2.45, 2.75) is 399 Å². The molecular formula is C101H170O16P2. The van der Waals surface area contributed by atoms with Crippen LogP contribution in [0.3, 0.4) is 0 Å². The predicted molar refractivity (Wildman–Crippen MR) is 500 cm³/mol. The van der Waals surface area contributed by atoms with Crippen LogP contribution in [0.1, 0.15) is 380 Å². The molecule has 16 nitrogen and oxygen atoms in total. The highest BCUT2D eigenvalue weighted by atomic mass is 31.2. The van der Waals surface area contributed by atoms with Crippen molar-refractivity contribution in [3.63, 3.8) is 0 Å². The smallest absolute Gasteiger partial charge is 0.463 e. The molecule has 0 amide bonds. The lowest BCUT2D eigenvalue weighted by atomic mass is 10.0. The molecule has 0 aromatic carbocycles. The Bertz CT molecular complexity index is 2890. The molecule has 0 bridgehead atoms. The van der Waals surface area contributed by atoms with Gasteiger partial charge in [-0.2, -0.15) is 0 Å². The summed E-state index contributed by atoms with van der Waals surface area (Å²) >= 11 is 0. The van der Waals surface area contributed by atoms with Crippen molar-refractivity contribution < 1.29 is 75.8 Å². The Morgan fingerprint density at radius 3 is 0.706 bits per heavy atom. The molecule has 18 heteroatoms. The van der Waals surface area contributed by atoms with E-state index in [-0.39, 0.29) is 19.3 Å². The Morgan fingerprint density at radius 1 is 0.244 bits per heavy atom. The molecule has 0 fully saturated rings. The molecular weight excluding hydrogens is 1530 g/mol. The molecule has 0 spiro atoms. The second kappa shape index (κ2) is 91.8. The normalized spacial score (nSPS) is 14.6. The molecule has 5 unspecified atom stereocenters. The molecule has 0 aromatic rings. The number of aliphatic hydroxyl groups is 2. The van der Waals surface area contributed by atoms with Crippen molar-refractivity contribution in [3.8, 4) is 0 Å². The summed E-state index contributed by atoms with van der Waals surface area (Å²) in [5.74, 6) is -1.59. The fourth-order valence-corrected chi connectivity index (χ4v) is 14.1. The number of esters is 3. The van der Waals surface area contributed by atoms with Gasteiger partial charge in [-0.05, 0) is 161 Å². The van der Waals surface area contributed by atoms with Crippen LogP contribution in [-0.4, -0.2) is 95.9 Å². The highest BCUT2D eigenvalue weighted by Gasteiger charge is 2.29. The lowest BCUT2D eigenvalue weighted by Gasteiger charge is -2.21. The maximum Gasteiger partial charge on any atom is 0.472 e. The van der Waals surface area contributed by atoms with Gasteiger partial charge in [0.15, 0.2) is 6.10 Å². The van der Waals surface area contributed by atoms with E-state index in [2.05, 4.69) is 203 Å². The summed E-state index contributed by atoms with van der Waals surface area (Å²) in [4.78, 5) is 59.0. The van der Waals surface area contributed by atoms with Crippen LogP contribution in [-0.2, 0) is 55.8 Å². The Kier molecular flexibility index (Phi) is 87.7. The summed E-state index contributed by atoms with van der Waals surface area (Å²) in [6.45, 7) is 2.45. The molecule has 0 aromatic heterocycles. The van der Waals surface area contributed by atoms with Crippen molar-refractivity contribution in [2.24, 2.45) is 0 Å². The minimum atomic E-state index is -4.95. The zero-order chi connectivity index (χ0) is 86.5. The summed E-state index contributed by atoms with van der Waals surface area (Å²) in [5, 5.41) is 20.8. The van der Waals surface area contributed by atoms with Gasteiger partial charge in [-0.25, -0.2) is 9.13 Å². The van der Waals surface area contributed by atoms with Crippen LogP contribution in [0.2, 0.25) is 0 Å². The number of rotatable bonds is 88. The molecule has 0 aliphatic rings. The molecule has 0 saturated heterocycles. The Labute approximate surface area is 725 Å². The van der Waals surface area contributed by atoms with Gasteiger partial charge in [-0.3, -0.25) is 32.5 Å². The van der Waals surface area contributed by atoms with Crippen LogP contribution in [0.4, 0.5) is 0 Å². The fourth-order valence-electron chi connectivity index (χ4n) is 12.5. The molecule has 680 valence electrons. The van der Waals surface area contributed by atoms with Crippen LogP contribution < -0.4 is 0 Å². The number of phosphoric acid groups is 2. The molecule has 0 aliphatic heterocycles. The first-order valence-corrected chi connectivity index (χ1v) is 50.1. The molecule has 0 rings (SSSR count). The second-order valence-electron chi connectivity index (χ2n) is 31.0. The van der Waals surface area contributed by atoms with Gasteiger partial charge in [-0.15, -0.1) is 0 Å². The average molecular weight is 1700 g/mol. The Hall–Kier alpha value is -5.35. The summed E-state index contributed by atoms with van der Waals surface area (Å²) in [5.41, 5.74) is 0. The number of hydrogen-bond acceptors (Lipinski definition) is 14. The molecule has 119 heavy (non-hydrogen) atoms. The van der Waals surface area contributed by atoms with E-state index in [1.54, 1.807) is 0 Å². The average Bonchev–Trinajstić information content (AvgIpc) is 0.912. The largest absolute Gasteiger partial charge is 0.472 e. The number of carbonyl (C=O) groups excluding carboxylic acids is 3. The first-order chi connectivity index (χ1) is 58.2. The van der Waals surface area contributed by atoms with Gasteiger partial charge in [0, 0.05) is 19.3 Å². The van der Waals surface area contributed by atoms with Gasteiger partial charge in [0.1, 0.15) is 25.4 Å². The van der Waals surface area contributed by atoms with Gasteiger partial charge < -0.3 is 34.2 Å². The summed E-state index contributed by atoms with van der Waals surface area (Å²) in [7, 11) is -9.82. The van der Waals surface area contributed by atoms with Gasteiger partial charge in [0.25, 0.3) is 0 Å². The highest BCUT2D eigenvalue weighted by molar-refractivity contribution is 7.47. The Morgan fingerprint density at radius 2 is 0.445 bits per heavy atom. The minimum Gasteiger partial charge on any atom is -0.463 e. The monoisotopic (exact) mass is 1700 g/mol. The van der Waals surface area contributed by atoms with E-state index in [4.69, 9.17) is 32.3 Å². The molecule has 0 radical (unpaired) electrons. The highest BCUT2D eigenvalue weighted by Crippen LogP contribution is 2.45. The number of unbranched alkanes of at least 4 members (excludes halogenated alkanes) is 35. The number of ether oxygens (including phenoxy) is 3. The van der Waals surface area contributed by atoms with Crippen molar-refractivity contribution in [3.05, 3.63) is 182 Å². The predicted octanol–water partition coefficient (Wildman–Crippen LogP) is 29.2. The summed E-state index contributed by atoms with van der Waals surface area (Å²) in [6, 6.07) is 0. The maximum absolute atomic E-state index is 13.1. The number of carbonyl (C=O) groups is 3. The molecule has 0 saturated carbocycles. The lowest BCUT2D eigenvalue weighted by molar-refractivity contribution is -0.161. The zero-order valence-electron chi connectivity index (χ0n) is 75.0. The van der Waals surface area contributed by atoms with Crippen molar-refractivity contribution in [2.75, 3.05) is 39.6 Å². The van der Waals surface area contributed by atoms with Crippen molar-refractivity contribution >= 4 is 33.6 Å². The van der Waals surface area contributed by atoms with E-state index < -0.39 is 91.5 Å². The number of hydrogen-bond donors (Lipinski definition) is 4. The van der Waals surface area contributed by atoms with Crippen LogP contribution >= 0.6 is 15.6 Å². The van der Waals surface area contributed by atoms with Gasteiger partial charge in [0.2, 0.25) is 0 Å². The van der Waals surface area contributed by atoms with E-state index in [0.717, 1.165) is 186 Å². The molecule has 4 N–H and O–H groups in total. The van der Waals surface area contributed by atoms with Crippen molar-refractivity contribution in [1.82, 2.24) is 0 Å². The minimum absolute atomic E-state index is 0.0861. The second-order valence-corrected chi connectivity index (χ2v) is 34.0. The third-order valence-electron chi connectivity index (χ3n) is 19.6. The quantitative estimate of drug-likeness (QED) is 0.0146. The van der Waals surface area contributed by atoms with E-state index in [1.807, 2.05) is 0 Å².